The van der Waals surface area contributed by atoms with Crippen LogP contribution in [-0.2, 0) is 14.8 Å². The van der Waals surface area contributed by atoms with E-state index in [1.807, 2.05) is 6.92 Å². The van der Waals surface area contributed by atoms with E-state index < -0.39 is 22.5 Å². The van der Waals surface area contributed by atoms with E-state index in [0.717, 1.165) is 22.7 Å². The summed E-state index contributed by atoms with van der Waals surface area (Å²) in [6, 6.07) is 4.63. The summed E-state index contributed by atoms with van der Waals surface area (Å²) in [6.07, 6.45) is 1.88. The Hall–Kier alpha value is -1.11. The third kappa shape index (κ3) is 3.50. The van der Waals surface area contributed by atoms with Gasteiger partial charge in [0, 0.05) is 6.54 Å². The standard InChI is InChI=1S/C13H16ClNO4S/c1-9-2-5-12(11(14)6-9)20(18,19)15(8-13(16)17)7-10-3-4-10/h2,5-6,10H,3-4,7-8H2,1H3,(H,16,17). The number of aryl methyl sites for hydroxylation is 1. The van der Waals surface area contributed by atoms with Crippen molar-refractivity contribution in [1.82, 2.24) is 4.31 Å². The molecule has 0 bridgehead atoms. The number of benzene rings is 1. The highest BCUT2D eigenvalue weighted by Gasteiger charge is 2.33. The second-order valence-electron chi connectivity index (χ2n) is 5.07. The Balaban J connectivity index is 2.35. The van der Waals surface area contributed by atoms with E-state index >= 15 is 0 Å². The number of nitrogens with zero attached hydrogens (tertiary/aromatic N) is 1. The molecule has 0 spiro atoms. The van der Waals surface area contributed by atoms with Crippen LogP contribution in [-0.4, -0.2) is 36.9 Å². The Bertz CT molecular complexity index is 625. The molecule has 0 unspecified atom stereocenters. The molecule has 0 aliphatic heterocycles. The van der Waals surface area contributed by atoms with Gasteiger partial charge in [-0.3, -0.25) is 4.79 Å². The predicted octanol–water partition coefficient (Wildman–Crippen LogP) is 2.13. The number of halogens is 1. The largest absolute Gasteiger partial charge is 0.480 e. The van der Waals surface area contributed by atoms with Crippen molar-refractivity contribution in [2.45, 2.75) is 24.7 Å². The summed E-state index contributed by atoms with van der Waals surface area (Å²) in [5, 5.41) is 9.02. The van der Waals surface area contributed by atoms with Crippen LogP contribution in [0.15, 0.2) is 23.1 Å². The summed E-state index contributed by atoms with van der Waals surface area (Å²) in [6.45, 7) is 1.50. The molecule has 7 heteroatoms. The zero-order chi connectivity index (χ0) is 14.9. The number of aliphatic carboxylic acids is 1. The third-order valence-corrected chi connectivity index (χ3v) is 5.47. The summed E-state index contributed by atoms with van der Waals surface area (Å²) in [7, 11) is -3.88. The van der Waals surface area contributed by atoms with Gasteiger partial charge in [0.15, 0.2) is 0 Å². The van der Waals surface area contributed by atoms with Crippen LogP contribution in [0.2, 0.25) is 5.02 Å². The van der Waals surface area contributed by atoms with Gasteiger partial charge < -0.3 is 5.11 Å². The number of sulfonamides is 1. The van der Waals surface area contributed by atoms with Crippen LogP contribution in [0.1, 0.15) is 18.4 Å². The molecule has 0 heterocycles. The maximum Gasteiger partial charge on any atom is 0.318 e. The van der Waals surface area contributed by atoms with Gasteiger partial charge in [-0.2, -0.15) is 4.31 Å². The molecule has 1 fully saturated rings. The molecule has 0 radical (unpaired) electrons. The van der Waals surface area contributed by atoms with Crippen molar-refractivity contribution in [2.75, 3.05) is 13.1 Å². The second-order valence-corrected chi connectivity index (χ2v) is 7.38. The van der Waals surface area contributed by atoms with Gasteiger partial charge in [0.1, 0.15) is 11.4 Å². The number of rotatable bonds is 6. The van der Waals surface area contributed by atoms with E-state index in [-0.39, 0.29) is 22.4 Å². The van der Waals surface area contributed by atoms with Crippen LogP contribution in [0.5, 0.6) is 0 Å². The van der Waals surface area contributed by atoms with Gasteiger partial charge in [0.05, 0.1) is 5.02 Å². The molecule has 0 aromatic heterocycles. The molecule has 2 rings (SSSR count). The lowest BCUT2D eigenvalue weighted by Crippen LogP contribution is -2.37. The minimum atomic E-state index is -3.88. The van der Waals surface area contributed by atoms with Gasteiger partial charge in [-0.25, -0.2) is 8.42 Å². The number of hydrogen-bond donors (Lipinski definition) is 1. The van der Waals surface area contributed by atoms with Crippen molar-refractivity contribution in [2.24, 2.45) is 5.92 Å². The van der Waals surface area contributed by atoms with Gasteiger partial charge in [0.2, 0.25) is 10.0 Å². The summed E-state index contributed by atoms with van der Waals surface area (Å²) in [5.74, 6) is -0.911. The lowest BCUT2D eigenvalue weighted by Gasteiger charge is -2.21. The smallest absolute Gasteiger partial charge is 0.318 e. The lowest BCUT2D eigenvalue weighted by atomic mass is 10.2. The maximum atomic E-state index is 12.5. The molecule has 0 atom stereocenters. The van der Waals surface area contributed by atoms with Crippen LogP contribution in [0.25, 0.3) is 0 Å². The minimum Gasteiger partial charge on any atom is -0.480 e. The molecular weight excluding hydrogens is 302 g/mol. The third-order valence-electron chi connectivity index (χ3n) is 3.18. The summed E-state index contributed by atoms with van der Waals surface area (Å²) >= 11 is 5.99. The van der Waals surface area contributed by atoms with Crippen LogP contribution in [0.3, 0.4) is 0 Å². The van der Waals surface area contributed by atoms with Gasteiger partial charge in [-0.1, -0.05) is 17.7 Å². The van der Waals surface area contributed by atoms with E-state index in [0.29, 0.717) is 0 Å². The Morgan fingerprint density at radius 3 is 2.60 bits per heavy atom. The van der Waals surface area contributed by atoms with Crippen molar-refractivity contribution < 1.29 is 18.3 Å². The number of carboxylic acids is 1. The molecular formula is C13H16ClNO4S. The Labute approximate surface area is 123 Å². The molecule has 5 nitrogen and oxygen atoms in total. The zero-order valence-corrected chi connectivity index (χ0v) is 12.6. The van der Waals surface area contributed by atoms with E-state index in [9.17, 15) is 13.2 Å². The highest BCUT2D eigenvalue weighted by molar-refractivity contribution is 7.89. The molecule has 1 aromatic carbocycles. The second kappa shape index (κ2) is 5.71. The molecule has 110 valence electrons. The van der Waals surface area contributed by atoms with Gasteiger partial charge in [-0.15, -0.1) is 0 Å². The van der Waals surface area contributed by atoms with E-state index in [1.165, 1.54) is 6.07 Å². The van der Waals surface area contributed by atoms with Crippen molar-refractivity contribution in [3.05, 3.63) is 28.8 Å². The summed E-state index contributed by atoms with van der Waals surface area (Å²) < 4.78 is 26.1. The Morgan fingerprint density at radius 1 is 1.45 bits per heavy atom. The highest BCUT2D eigenvalue weighted by Crippen LogP contribution is 2.33. The maximum absolute atomic E-state index is 12.5. The summed E-state index contributed by atoms with van der Waals surface area (Å²) in [5.41, 5.74) is 0.848. The van der Waals surface area contributed by atoms with E-state index in [4.69, 9.17) is 16.7 Å². The minimum absolute atomic E-state index is 0.0355. The molecule has 1 aliphatic carbocycles. The van der Waals surface area contributed by atoms with Gasteiger partial charge >= 0.3 is 5.97 Å². The SMILES string of the molecule is Cc1ccc(S(=O)(=O)N(CC(=O)O)CC2CC2)c(Cl)c1. The monoisotopic (exact) mass is 317 g/mol. The first kappa shape index (κ1) is 15.3. The predicted molar refractivity (Wildman–Crippen MR) is 75.3 cm³/mol. The van der Waals surface area contributed by atoms with Crippen molar-refractivity contribution >= 4 is 27.6 Å². The summed E-state index contributed by atoms with van der Waals surface area (Å²) in [4.78, 5) is 10.9. The zero-order valence-electron chi connectivity index (χ0n) is 11.0. The first-order valence-corrected chi connectivity index (χ1v) is 8.10. The fourth-order valence-electron chi connectivity index (χ4n) is 1.94. The van der Waals surface area contributed by atoms with Crippen LogP contribution < -0.4 is 0 Å². The quantitative estimate of drug-likeness (QED) is 0.872. The molecule has 0 saturated heterocycles. The van der Waals surface area contributed by atoms with Crippen LogP contribution in [0, 0.1) is 12.8 Å². The number of hydrogen-bond acceptors (Lipinski definition) is 3. The van der Waals surface area contributed by atoms with Crippen molar-refractivity contribution in [3.8, 4) is 0 Å². The topological polar surface area (TPSA) is 74.7 Å². The van der Waals surface area contributed by atoms with Crippen LogP contribution in [0.4, 0.5) is 0 Å². The highest BCUT2D eigenvalue weighted by atomic mass is 35.5. The average molecular weight is 318 g/mol. The molecule has 1 saturated carbocycles. The van der Waals surface area contributed by atoms with Crippen molar-refractivity contribution in [3.63, 3.8) is 0 Å². The van der Waals surface area contributed by atoms with E-state index in [1.54, 1.807) is 12.1 Å². The Morgan fingerprint density at radius 2 is 2.10 bits per heavy atom. The first-order chi connectivity index (χ1) is 9.30. The Kier molecular flexibility index (Phi) is 4.36. The van der Waals surface area contributed by atoms with Crippen molar-refractivity contribution in [1.29, 1.82) is 0 Å². The fraction of sp³-hybridized carbons (Fsp3) is 0.462. The molecule has 1 aliphatic rings. The lowest BCUT2D eigenvalue weighted by molar-refractivity contribution is -0.137. The fourth-order valence-corrected chi connectivity index (χ4v) is 3.98. The molecule has 1 aromatic rings. The first-order valence-electron chi connectivity index (χ1n) is 6.29. The normalized spacial score (nSPS) is 15.6. The number of carboxylic acid groups (broad SMARTS) is 1. The van der Waals surface area contributed by atoms with E-state index in [2.05, 4.69) is 0 Å². The van der Waals surface area contributed by atoms with Crippen LogP contribution >= 0.6 is 11.6 Å². The molecule has 1 N–H and O–H groups in total. The van der Waals surface area contributed by atoms with Gasteiger partial charge in [0.25, 0.3) is 0 Å². The molecule has 20 heavy (non-hydrogen) atoms. The average Bonchev–Trinajstić information content (AvgIpc) is 3.10. The molecule has 0 amide bonds. The number of carbonyl (C=O) groups is 1. The van der Waals surface area contributed by atoms with Gasteiger partial charge in [-0.05, 0) is 43.4 Å².